The molecule has 112 valence electrons. The molecule has 6 nitrogen and oxygen atoms in total. The van der Waals surface area contributed by atoms with Crippen molar-refractivity contribution in [1.29, 1.82) is 0 Å². The third-order valence-electron chi connectivity index (χ3n) is 2.55. The van der Waals surface area contributed by atoms with Crippen LogP contribution in [0.4, 0.5) is 0 Å². The summed E-state index contributed by atoms with van der Waals surface area (Å²) < 4.78 is 29.2. The molecule has 1 amide bonds. The van der Waals surface area contributed by atoms with E-state index in [0.29, 0.717) is 0 Å². The van der Waals surface area contributed by atoms with Crippen molar-refractivity contribution >= 4 is 11.9 Å². The maximum absolute atomic E-state index is 12.3. The molecular formula is C13H26N2O4. The van der Waals surface area contributed by atoms with Crippen LogP contribution in [0.1, 0.15) is 39.6 Å². The molecule has 0 unspecified atom stereocenters. The van der Waals surface area contributed by atoms with Crippen LogP contribution in [0.3, 0.4) is 0 Å². The quantitative estimate of drug-likeness (QED) is 0.483. The fraction of sp³-hybridized carbons (Fsp3) is 0.846. The summed E-state index contributed by atoms with van der Waals surface area (Å²) in [6.07, 6.45) is 0.208. The van der Waals surface area contributed by atoms with Gasteiger partial charge >= 0.3 is 5.97 Å². The van der Waals surface area contributed by atoms with Crippen molar-refractivity contribution in [2.24, 2.45) is 11.8 Å². The standard InChI is InChI=1S/C13H26N2O4/c1-8(2)7-10(13(18)19)15-12(17)11(9(3)4)14-5-6-16/h8-11,14,16H,5-7H2,1-4H3,(H,15,17)(H,18,19)/t10-,11-/m0/s1/i5D2,6D2. The summed E-state index contributed by atoms with van der Waals surface area (Å²) in [6.45, 7) is 0.718. The summed E-state index contributed by atoms with van der Waals surface area (Å²) in [5, 5.41) is 22.8. The zero-order valence-corrected chi connectivity index (χ0v) is 11.7. The normalized spacial score (nSPS) is 19.1. The molecule has 0 rings (SSSR count). The number of amides is 1. The Labute approximate surface area is 120 Å². The second-order valence-electron chi connectivity index (χ2n) is 5.13. The van der Waals surface area contributed by atoms with Gasteiger partial charge in [-0.25, -0.2) is 4.79 Å². The molecule has 0 spiro atoms. The van der Waals surface area contributed by atoms with Gasteiger partial charge in [0, 0.05) is 9.24 Å². The summed E-state index contributed by atoms with van der Waals surface area (Å²) in [6, 6.07) is -2.33. The zero-order chi connectivity index (χ0) is 18.6. The predicted molar refractivity (Wildman–Crippen MR) is 72.7 cm³/mol. The third-order valence-corrected chi connectivity index (χ3v) is 2.55. The van der Waals surface area contributed by atoms with Crippen LogP contribution in [0, 0.1) is 11.8 Å². The first-order valence-electron chi connectivity index (χ1n) is 8.22. The van der Waals surface area contributed by atoms with Gasteiger partial charge in [0.2, 0.25) is 5.91 Å². The van der Waals surface area contributed by atoms with E-state index in [2.05, 4.69) is 10.6 Å². The van der Waals surface area contributed by atoms with Gasteiger partial charge in [-0.05, 0) is 18.3 Å². The Balaban J connectivity index is 5.17. The van der Waals surface area contributed by atoms with E-state index in [1.54, 1.807) is 27.7 Å². The van der Waals surface area contributed by atoms with Crippen LogP contribution in [0.15, 0.2) is 0 Å². The van der Waals surface area contributed by atoms with Crippen LogP contribution in [0.5, 0.6) is 0 Å². The van der Waals surface area contributed by atoms with Gasteiger partial charge in [-0.15, -0.1) is 0 Å². The Bertz CT molecular complexity index is 425. The number of nitrogens with one attached hydrogen (secondary N) is 2. The molecular weight excluding hydrogens is 248 g/mol. The maximum Gasteiger partial charge on any atom is 0.326 e. The number of carboxylic acid groups (broad SMARTS) is 1. The number of aliphatic hydroxyl groups is 1. The number of carbonyl (C=O) groups is 2. The molecule has 6 heteroatoms. The molecule has 19 heavy (non-hydrogen) atoms. The van der Waals surface area contributed by atoms with Crippen LogP contribution < -0.4 is 10.6 Å². The minimum absolute atomic E-state index is 0.0277. The molecule has 0 aromatic heterocycles. The van der Waals surface area contributed by atoms with E-state index in [1.807, 2.05) is 0 Å². The average Bonchev–Trinajstić information content (AvgIpc) is 2.32. The Morgan fingerprint density at radius 2 is 1.84 bits per heavy atom. The van der Waals surface area contributed by atoms with E-state index >= 15 is 0 Å². The number of carboxylic acids is 1. The Kier molecular flexibility index (Phi) is 5.45. The first kappa shape index (κ1) is 11.7. The van der Waals surface area contributed by atoms with E-state index in [4.69, 9.17) is 10.6 Å². The smallest absolute Gasteiger partial charge is 0.326 e. The molecule has 0 radical (unpaired) electrons. The van der Waals surface area contributed by atoms with Crippen LogP contribution in [0.2, 0.25) is 0 Å². The first-order chi connectivity index (χ1) is 10.2. The predicted octanol–water partition coefficient (Wildman–Crippen LogP) is 0.208. The second-order valence-corrected chi connectivity index (χ2v) is 5.13. The molecule has 0 aliphatic carbocycles. The topological polar surface area (TPSA) is 98.7 Å². The van der Waals surface area contributed by atoms with Crippen LogP contribution in [-0.4, -0.2) is 47.2 Å². The van der Waals surface area contributed by atoms with Gasteiger partial charge in [-0.3, -0.25) is 4.79 Å². The van der Waals surface area contributed by atoms with Crippen molar-refractivity contribution in [2.45, 2.75) is 46.2 Å². The highest BCUT2D eigenvalue weighted by atomic mass is 16.4. The highest BCUT2D eigenvalue weighted by Gasteiger charge is 2.27. The van der Waals surface area contributed by atoms with Crippen molar-refractivity contribution in [2.75, 3.05) is 13.1 Å². The monoisotopic (exact) mass is 278 g/mol. The van der Waals surface area contributed by atoms with Gasteiger partial charge in [0.05, 0.1) is 15.3 Å². The van der Waals surface area contributed by atoms with E-state index in [1.165, 1.54) is 0 Å². The van der Waals surface area contributed by atoms with E-state index < -0.39 is 42.9 Å². The van der Waals surface area contributed by atoms with Gasteiger partial charge in [-0.1, -0.05) is 27.7 Å². The maximum atomic E-state index is 12.3. The van der Waals surface area contributed by atoms with Crippen LogP contribution in [0.25, 0.3) is 0 Å². The van der Waals surface area contributed by atoms with E-state index in [0.717, 1.165) is 0 Å². The largest absolute Gasteiger partial charge is 0.480 e. The summed E-state index contributed by atoms with van der Waals surface area (Å²) in [5.74, 6) is -2.39. The fourth-order valence-electron chi connectivity index (χ4n) is 1.60. The summed E-state index contributed by atoms with van der Waals surface area (Å²) >= 11 is 0. The fourth-order valence-corrected chi connectivity index (χ4v) is 1.60. The van der Waals surface area contributed by atoms with Crippen LogP contribution in [-0.2, 0) is 9.59 Å². The number of hydrogen-bond donors (Lipinski definition) is 4. The number of hydrogen-bond acceptors (Lipinski definition) is 4. The van der Waals surface area contributed by atoms with E-state index in [9.17, 15) is 14.7 Å². The summed E-state index contributed by atoms with van der Waals surface area (Å²) in [7, 11) is 0. The zero-order valence-electron chi connectivity index (χ0n) is 15.7. The molecule has 2 atom stereocenters. The molecule has 0 aromatic carbocycles. The Morgan fingerprint density at radius 1 is 1.26 bits per heavy atom. The highest BCUT2D eigenvalue weighted by Crippen LogP contribution is 2.07. The van der Waals surface area contributed by atoms with Crippen LogP contribution >= 0.6 is 0 Å². The number of carbonyl (C=O) groups excluding carboxylic acids is 1. The van der Waals surface area contributed by atoms with Gasteiger partial charge in [0.1, 0.15) is 6.04 Å². The lowest BCUT2D eigenvalue weighted by Gasteiger charge is -2.24. The molecule has 0 saturated carbocycles. The SMILES string of the molecule is [2H]C([2H])(O)C([2H])([2H])N[C@H](C(=O)N[C@@H](CC(C)C)C(=O)O)C(C)C. The highest BCUT2D eigenvalue weighted by molar-refractivity contribution is 5.87. The van der Waals surface area contributed by atoms with Gasteiger partial charge in [-0.2, -0.15) is 0 Å². The van der Waals surface area contributed by atoms with Gasteiger partial charge in [0.25, 0.3) is 0 Å². The molecule has 0 heterocycles. The van der Waals surface area contributed by atoms with Gasteiger partial charge < -0.3 is 20.8 Å². The second kappa shape index (κ2) is 8.87. The van der Waals surface area contributed by atoms with Crippen molar-refractivity contribution < 1.29 is 25.3 Å². The molecule has 4 N–H and O–H groups in total. The summed E-state index contributed by atoms with van der Waals surface area (Å²) in [5.41, 5.74) is 0. The molecule has 0 aliphatic rings. The van der Waals surface area contributed by atoms with Crippen molar-refractivity contribution in [3.8, 4) is 0 Å². The first-order valence-corrected chi connectivity index (χ1v) is 6.22. The molecule has 0 aliphatic heterocycles. The lowest BCUT2D eigenvalue weighted by molar-refractivity contribution is -0.142. The number of rotatable bonds is 9. The molecule has 0 aromatic rings. The molecule has 0 fully saturated rings. The van der Waals surface area contributed by atoms with Gasteiger partial charge in [0.15, 0.2) is 0 Å². The molecule has 0 bridgehead atoms. The Morgan fingerprint density at radius 3 is 2.21 bits per heavy atom. The van der Waals surface area contributed by atoms with E-state index in [-0.39, 0.29) is 12.3 Å². The van der Waals surface area contributed by atoms with Crippen molar-refractivity contribution in [3.05, 3.63) is 0 Å². The minimum atomic E-state index is -3.20. The van der Waals surface area contributed by atoms with Crippen molar-refractivity contribution in [1.82, 2.24) is 10.6 Å². The molecule has 0 saturated heterocycles. The lowest BCUT2D eigenvalue weighted by Crippen LogP contribution is -2.53. The average molecular weight is 278 g/mol. The van der Waals surface area contributed by atoms with Crippen molar-refractivity contribution in [3.63, 3.8) is 0 Å². The number of aliphatic carboxylic acids is 1. The lowest BCUT2D eigenvalue weighted by atomic mass is 10.0. The third kappa shape index (κ3) is 7.12. The Hall–Kier alpha value is -1.14. The summed E-state index contributed by atoms with van der Waals surface area (Å²) in [4.78, 5) is 23.5. The minimum Gasteiger partial charge on any atom is -0.480 e.